The average Bonchev–Trinajstić information content (AvgIpc) is 2.85. The van der Waals surface area contributed by atoms with Crippen molar-refractivity contribution in [3.8, 4) is 0 Å². The fraction of sp³-hybridized carbons (Fsp3) is 0.385. The summed E-state index contributed by atoms with van der Waals surface area (Å²) in [6, 6.07) is 6.41. The van der Waals surface area contributed by atoms with Crippen molar-refractivity contribution in [3.63, 3.8) is 0 Å². The summed E-state index contributed by atoms with van der Waals surface area (Å²) in [4.78, 5) is 0. The molecule has 1 heterocycles. The van der Waals surface area contributed by atoms with Gasteiger partial charge in [0.15, 0.2) is 4.34 Å². The van der Waals surface area contributed by atoms with E-state index in [4.69, 9.17) is 0 Å². The lowest BCUT2D eigenvalue weighted by Gasteiger charge is -2.12. The summed E-state index contributed by atoms with van der Waals surface area (Å²) in [5.41, 5.74) is 3.87. The van der Waals surface area contributed by atoms with Gasteiger partial charge in [-0.15, -0.1) is 10.2 Å². The van der Waals surface area contributed by atoms with E-state index in [-0.39, 0.29) is 0 Å². The zero-order valence-electron chi connectivity index (χ0n) is 10.9. The number of anilines is 1. The van der Waals surface area contributed by atoms with Crippen molar-refractivity contribution in [1.82, 2.24) is 10.2 Å². The van der Waals surface area contributed by atoms with Gasteiger partial charge in [-0.05, 0) is 30.7 Å². The third kappa shape index (κ3) is 3.03. The van der Waals surface area contributed by atoms with Gasteiger partial charge in [-0.2, -0.15) is 0 Å². The molecule has 0 amide bonds. The van der Waals surface area contributed by atoms with E-state index >= 15 is 0 Å². The number of benzene rings is 1. The van der Waals surface area contributed by atoms with E-state index in [2.05, 4.69) is 47.6 Å². The molecule has 1 aromatic carbocycles. The Morgan fingerprint density at radius 2 is 2.17 bits per heavy atom. The van der Waals surface area contributed by atoms with Crippen molar-refractivity contribution < 1.29 is 0 Å². The van der Waals surface area contributed by atoms with Crippen LogP contribution < -0.4 is 5.32 Å². The third-order valence-corrected chi connectivity index (χ3v) is 4.68. The first kappa shape index (κ1) is 13.4. The molecule has 0 bridgehead atoms. The normalized spacial score (nSPS) is 10.6. The van der Waals surface area contributed by atoms with Crippen LogP contribution in [0.15, 0.2) is 22.5 Å². The van der Waals surface area contributed by atoms with Crippen LogP contribution in [0.5, 0.6) is 0 Å². The lowest BCUT2D eigenvalue weighted by molar-refractivity contribution is 0.945. The van der Waals surface area contributed by atoms with Crippen LogP contribution in [0.25, 0.3) is 0 Å². The van der Waals surface area contributed by atoms with Crippen LogP contribution in [-0.2, 0) is 13.0 Å². The monoisotopic (exact) mass is 279 g/mol. The van der Waals surface area contributed by atoms with E-state index < -0.39 is 0 Å². The zero-order valence-corrected chi connectivity index (χ0v) is 12.5. The van der Waals surface area contributed by atoms with Gasteiger partial charge in [0, 0.05) is 5.69 Å². The van der Waals surface area contributed by atoms with Crippen LogP contribution in [0.1, 0.15) is 23.1 Å². The molecule has 0 radical (unpaired) electrons. The molecular formula is C13H17N3S2. The zero-order chi connectivity index (χ0) is 13.0. The smallest absolute Gasteiger partial charge is 0.174 e. The number of aromatic nitrogens is 2. The van der Waals surface area contributed by atoms with Gasteiger partial charge in [0.25, 0.3) is 0 Å². The van der Waals surface area contributed by atoms with Crippen molar-refractivity contribution in [3.05, 3.63) is 34.3 Å². The molecule has 96 valence electrons. The molecule has 0 unspecified atom stereocenters. The van der Waals surface area contributed by atoms with Crippen LogP contribution in [0.2, 0.25) is 0 Å². The van der Waals surface area contributed by atoms with E-state index in [0.717, 1.165) is 22.3 Å². The molecule has 1 N–H and O–H groups in total. The minimum atomic E-state index is 0.746. The Kier molecular flexibility index (Phi) is 4.60. The second kappa shape index (κ2) is 6.20. The topological polar surface area (TPSA) is 37.8 Å². The second-order valence-corrected chi connectivity index (χ2v) is 6.10. The summed E-state index contributed by atoms with van der Waals surface area (Å²) in [7, 11) is 0. The standard InChI is InChI=1S/C13H17N3S2/c1-4-10-7-5-6-9(2)12(10)14-8-11-15-16-13(17-3)18-11/h5-7,14H,4,8H2,1-3H3. The SMILES string of the molecule is CCc1cccc(C)c1NCc1nnc(SC)s1. The Balaban J connectivity index is 2.10. The highest BCUT2D eigenvalue weighted by Gasteiger charge is 2.06. The minimum Gasteiger partial charge on any atom is -0.378 e. The van der Waals surface area contributed by atoms with Gasteiger partial charge in [-0.1, -0.05) is 48.2 Å². The number of para-hydroxylation sites is 1. The van der Waals surface area contributed by atoms with Crippen LogP contribution in [-0.4, -0.2) is 16.5 Å². The summed E-state index contributed by atoms with van der Waals surface area (Å²) >= 11 is 3.29. The Hall–Kier alpha value is -1.07. The van der Waals surface area contributed by atoms with Crippen molar-refractivity contribution >= 4 is 28.8 Å². The summed E-state index contributed by atoms with van der Waals surface area (Å²) < 4.78 is 1.02. The maximum atomic E-state index is 4.17. The maximum absolute atomic E-state index is 4.17. The summed E-state index contributed by atoms with van der Waals surface area (Å²) in [6.45, 7) is 5.06. The Morgan fingerprint density at radius 1 is 1.33 bits per heavy atom. The largest absolute Gasteiger partial charge is 0.378 e. The molecule has 0 spiro atoms. The molecule has 3 nitrogen and oxygen atoms in total. The van der Waals surface area contributed by atoms with Gasteiger partial charge in [-0.3, -0.25) is 0 Å². The first-order chi connectivity index (χ1) is 8.74. The lowest BCUT2D eigenvalue weighted by Crippen LogP contribution is -2.03. The third-order valence-electron chi connectivity index (χ3n) is 2.78. The summed E-state index contributed by atoms with van der Waals surface area (Å²) in [6.07, 6.45) is 3.06. The number of thioether (sulfide) groups is 1. The maximum Gasteiger partial charge on any atom is 0.174 e. The molecule has 0 fully saturated rings. The summed E-state index contributed by atoms with van der Waals surface area (Å²) in [5, 5.41) is 12.8. The molecular weight excluding hydrogens is 262 g/mol. The van der Waals surface area contributed by atoms with Crippen LogP contribution >= 0.6 is 23.1 Å². The molecule has 1 aromatic heterocycles. The number of aryl methyl sites for hydroxylation is 2. The molecule has 5 heteroatoms. The minimum absolute atomic E-state index is 0.746. The Bertz CT molecular complexity index is 523. The number of hydrogen-bond acceptors (Lipinski definition) is 5. The molecule has 2 rings (SSSR count). The van der Waals surface area contributed by atoms with E-state index in [9.17, 15) is 0 Å². The van der Waals surface area contributed by atoms with Gasteiger partial charge in [0.05, 0.1) is 6.54 Å². The predicted molar refractivity (Wildman–Crippen MR) is 79.6 cm³/mol. The van der Waals surface area contributed by atoms with Crippen LogP contribution in [0.3, 0.4) is 0 Å². The van der Waals surface area contributed by atoms with Gasteiger partial charge in [0.2, 0.25) is 0 Å². The number of nitrogens with one attached hydrogen (secondary N) is 1. The lowest BCUT2D eigenvalue weighted by atomic mass is 10.1. The van der Waals surface area contributed by atoms with Crippen molar-refractivity contribution in [2.45, 2.75) is 31.2 Å². The number of nitrogens with zero attached hydrogens (tertiary/aromatic N) is 2. The van der Waals surface area contributed by atoms with E-state index in [1.807, 2.05) is 6.26 Å². The molecule has 0 saturated carbocycles. The molecule has 0 aliphatic rings. The van der Waals surface area contributed by atoms with E-state index in [1.54, 1.807) is 23.1 Å². The van der Waals surface area contributed by atoms with Gasteiger partial charge in [0.1, 0.15) is 5.01 Å². The second-order valence-electron chi connectivity index (χ2n) is 3.98. The first-order valence-electron chi connectivity index (χ1n) is 5.93. The van der Waals surface area contributed by atoms with E-state index in [1.165, 1.54) is 16.8 Å². The van der Waals surface area contributed by atoms with Gasteiger partial charge >= 0.3 is 0 Å². The van der Waals surface area contributed by atoms with Gasteiger partial charge < -0.3 is 5.32 Å². The first-order valence-corrected chi connectivity index (χ1v) is 7.97. The number of rotatable bonds is 5. The highest BCUT2D eigenvalue weighted by molar-refractivity contribution is 8.00. The van der Waals surface area contributed by atoms with Crippen molar-refractivity contribution in [2.75, 3.05) is 11.6 Å². The highest BCUT2D eigenvalue weighted by atomic mass is 32.2. The quantitative estimate of drug-likeness (QED) is 0.846. The molecule has 18 heavy (non-hydrogen) atoms. The molecule has 0 atom stereocenters. The van der Waals surface area contributed by atoms with Crippen LogP contribution in [0, 0.1) is 6.92 Å². The Morgan fingerprint density at radius 3 is 2.83 bits per heavy atom. The summed E-state index contributed by atoms with van der Waals surface area (Å²) in [5.74, 6) is 0. The molecule has 0 saturated heterocycles. The Labute approximate surface area is 116 Å². The fourth-order valence-corrected chi connectivity index (χ4v) is 3.09. The molecule has 0 aliphatic carbocycles. The van der Waals surface area contributed by atoms with E-state index in [0.29, 0.717) is 0 Å². The number of hydrogen-bond donors (Lipinski definition) is 1. The highest BCUT2D eigenvalue weighted by Crippen LogP contribution is 2.24. The molecule has 0 aliphatic heterocycles. The molecule has 2 aromatic rings. The van der Waals surface area contributed by atoms with Crippen molar-refractivity contribution in [2.24, 2.45) is 0 Å². The van der Waals surface area contributed by atoms with Gasteiger partial charge in [-0.25, -0.2) is 0 Å². The van der Waals surface area contributed by atoms with Crippen LogP contribution in [0.4, 0.5) is 5.69 Å². The fourth-order valence-electron chi connectivity index (χ4n) is 1.83. The average molecular weight is 279 g/mol. The predicted octanol–water partition coefficient (Wildman–Crippen LogP) is 3.74. The van der Waals surface area contributed by atoms with Crippen molar-refractivity contribution in [1.29, 1.82) is 0 Å².